The van der Waals surface area contributed by atoms with Gasteiger partial charge in [-0.2, -0.15) is 0 Å². The summed E-state index contributed by atoms with van der Waals surface area (Å²) in [5.41, 5.74) is -1.61. The van der Waals surface area contributed by atoms with Crippen molar-refractivity contribution in [3.05, 3.63) is 34.1 Å². The zero-order valence-electron chi connectivity index (χ0n) is 9.96. The largest absolute Gasteiger partial charge is 0.480 e. The van der Waals surface area contributed by atoms with Gasteiger partial charge in [-0.15, -0.1) is 0 Å². The molecule has 1 aromatic carbocycles. The fourth-order valence-corrected chi connectivity index (χ4v) is 1.84. The molecule has 0 aliphatic heterocycles. The minimum absolute atomic E-state index is 0.195. The topological polar surface area (TPSA) is 66.4 Å². The van der Waals surface area contributed by atoms with E-state index in [0.717, 1.165) is 6.07 Å². The summed E-state index contributed by atoms with van der Waals surface area (Å²) >= 11 is 3.07. The molecule has 0 aliphatic carbocycles. The molecule has 98 valence electrons. The molecular weight excluding hydrogens is 305 g/mol. The molecule has 0 bridgehead atoms. The van der Waals surface area contributed by atoms with Crippen LogP contribution in [0, 0.1) is 5.82 Å². The van der Waals surface area contributed by atoms with Crippen LogP contribution in [-0.4, -0.2) is 22.5 Å². The van der Waals surface area contributed by atoms with Gasteiger partial charge in [0.05, 0.1) is 5.56 Å². The molecule has 0 saturated heterocycles. The lowest BCUT2D eigenvalue weighted by atomic mass is 9.98. The zero-order chi connectivity index (χ0) is 13.9. The highest BCUT2D eigenvalue weighted by atomic mass is 79.9. The Morgan fingerprint density at radius 3 is 2.56 bits per heavy atom. The third-order valence-corrected chi connectivity index (χ3v) is 3.42. The van der Waals surface area contributed by atoms with Crippen molar-refractivity contribution in [2.75, 3.05) is 0 Å². The van der Waals surface area contributed by atoms with Crippen LogP contribution in [0.4, 0.5) is 4.39 Å². The Morgan fingerprint density at radius 1 is 1.50 bits per heavy atom. The summed E-state index contributed by atoms with van der Waals surface area (Å²) in [4.78, 5) is 23.0. The van der Waals surface area contributed by atoms with Gasteiger partial charge in [-0.25, -0.2) is 9.18 Å². The Morgan fingerprint density at radius 2 is 2.11 bits per heavy atom. The molecule has 1 aromatic rings. The number of carbonyl (C=O) groups is 2. The van der Waals surface area contributed by atoms with Crippen LogP contribution in [0.1, 0.15) is 30.6 Å². The fourth-order valence-electron chi connectivity index (χ4n) is 1.32. The first kappa shape index (κ1) is 14.6. The third-order valence-electron chi connectivity index (χ3n) is 2.76. The molecule has 0 aliphatic rings. The number of rotatable bonds is 4. The van der Waals surface area contributed by atoms with E-state index >= 15 is 0 Å². The number of aliphatic carboxylic acids is 1. The lowest BCUT2D eigenvalue weighted by Crippen LogP contribution is -2.51. The summed E-state index contributed by atoms with van der Waals surface area (Å²) in [6.07, 6.45) is 0.195. The minimum atomic E-state index is -1.42. The van der Waals surface area contributed by atoms with Gasteiger partial charge in [-0.05, 0) is 41.4 Å². The van der Waals surface area contributed by atoms with Crippen LogP contribution in [-0.2, 0) is 4.79 Å². The number of hydrogen-bond acceptors (Lipinski definition) is 2. The van der Waals surface area contributed by atoms with E-state index in [-0.39, 0.29) is 16.5 Å². The molecular formula is C12H13BrFNO3. The SMILES string of the molecule is CCC(C)(NC(=O)c1c(F)cccc1Br)C(=O)O. The quantitative estimate of drug-likeness (QED) is 0.897. The lowest BCUT2D eigenvalue weighted by molar-refractivity contribution is -0.143. The van der Waals surface area contributed by atoms with E-state index in [1.54, 1.807) is 6.92 Å². The van der Waals surface area contributed by atoms with Crippen molar-refractivity contribution in [2.45, 2.75) is 25.8 Å². The van der Waals surface area contributed by atoms with Crippen molar-refractivity contribution < 1.29 is 19.1 Å². The molecule has 6 heteroatoms. The van der Waals surface area contributed by atoms with Crippen LogP contribution in [0.2, 0.25) is 0 Å². The van der Waals surface area contributed by atoms with Gasteiger partial charge in [0.15, 0.2) is 0 Å². The number of amides is 1. The first-order chi connectivity index (χ1) is 8.31. The Balaban J connectivity index is 3.06. The number of halogens is 2. The third kappa shape index (κ3) is 2.87. The lowest BCUT2D eigenvalue weighted by Gasteiger charge is -2.24. The summed E-state index contributed by atoms with van der Waals surface area (Å²) in [7, 11) is 0. The zero-order valence-corrected chi connectivity index (χ0v) is 11.5. The van der Waals surface area contributed by atoms with Crippen molar-refractivity contribution in [1.29, 1.82) is 0 Å². The fraction of sp³-hybridized carbons (Fsp3) is 0.333. The molecule has 0 saturated carbocycles. The normalized spacial score (nSPS) is 13.8. The van der Waals surface area contributed by atoms with Crippen LogP contribution < -0.4 is 5.32 Å². The molecule has 1 atom stereocenters. The summed E-state index contributed by atoms with van der Waals surface area (Å²) in [6, 6.07) is 4.11. The Kier molecular flexibility index (Phi) is 4.45. The minimum Gasteiger partial charge on any atom is -0.480 e. The highest BCUT2D eigenvalue weighted by Gasteiger charge is 2.34. The van der Waals surface area contributed by atoms with Crippen molar-refractivity contribution >= 4 is 27.8 Å². The van der Waals surface area contributed by atoms with Crippen molar-refractivity contribution in [3.8, 4) is 0 Å². The standard InChI is InChI=1S/C12H13BrFNO3/c1-3-12(2,11(17)18)15-10(16)9-7(13)5-4-6-8(9)14/h4-6H,3H2,1-2H3,(H,15,16)(H,17,18). The van der Waals surface area contributed by atoms with Gasteiger partial charge in [0.25, 0.3) is 5.91 Å². The van der Waals surface area contributed by atoms with E-state index in [2.05, 4.69) is 21.2 Å². The van der Waals surface area contributed by atoms with Gasteiger partial charge in [0.2, 0.25) is 0 Å². The number of carboxylic acids is 1. The molecule has 2 N–H and O–H groups in total. The molecule has 0 heterocycles. The number of carboxylic acid groups (broad SMARTS) is 1. The highest BCUT2D eigenvalue weighted by molar-refractivity contribution is 9.10. The van der Waals surface area contributed by atoms with Crippen molar-refractivity contribution in [1.82, 2.24) is 5.32 Å². The Labute approximate surface area is 112 Å². The first-order valence-corrected chi connectivity index (χ1v) is 6.11. The van der Waals surface area contributed by atoms with Crippen LogP contribution in [0.3, 0.4) is 0 Å². The Hall–Kier alpha value is -1.43. The van der Waals surface area contributed by atoms with Crippen LogP contribution >= 0.6 is 15.9 Å². The molecule has 1 amide bonds. The van der Waals surface area contributed by atoms with Crippen molar-refractivity contribution in [3.63, 3.8) is 0 Å². The summed E-state index contributed by atoms with van der Waals surface area (Å²) in [6.45, 7) is 3.01. The second kappa shape index (κ2) is 5.48. The molecule has 0 radical (unpaired) electrons. The Bertz CT molecular complexity index is 472. The molecule has 4 nitrogen and oxygen atoms in total. The maximum atomic E-state index is 13.5. The predicted octanol–water partition coefficient (Wildman–Crippen LogP) is 2.57. The number of benzene rings is 1. The summed E-state index contributed by atoms with van der Waals surface area (Å²) < 4.78 is 13.8. The summed E-state index contributed by atoms with van der Waals surface area (Å²) in [5, 5.41) is 11.4. The second-order valence-corrected chi connectivity index (χ2v) is 4.90. The van der Waals surface area contributed by atoms with E-state index in [0.29, 0.717) is 0 Å². The van der Waals surface area contributed by atoms with Gasteiger partial charge < -0.3 is 10.4 Å². The van der Waals surface area contributed by atoms with Crippen molar-refractivity contribution in [2.24, 2.45) is 0 Å². The number of carbonyl (C=O) groups excluding carboxylic acids is 1. The average Bonchev–Trinajstić information content (AvgIpc) is 2.28. The van der Waals surface area contributed by atoms with E-state index < -0.39 is 23.2 Å². The van der Waals surface area contributed by atoms with Crippen LogP contribution in [0.25, 0.3) is 0 Å². The van der Waals surface area contributed by atoms with Gasteiger partial charge >= 0.3 is 5.97 Å². The highest BCUT2D eigenvalue weighted by Crippen LogP contribution is 2.21. The molecule has 1 rings (SSSR count). The van der Waals surface area contributed by atoms with Gasteiger partial charge in [-0.1, -0.05) is 13.0 Å². The van der Waals surface area contributed by atoms with E-state index in [1.165, 1.54) is 19.1 Å². The van der Waals surface area contributed by atoms with Gasteiger partial charge in [0, 0.05) is 4.47 Å². The summed E-state index contributed by atoms with van der Waals surface area (Å²) in [5.74, 6) is -2.62. The van der Waals surface area contributed by atoms with Crippen LogP contribution in [0.5, 0.6) is 0 Å². The van der Waals surface area contributed by atoms with Gasteiger partial charge in [0.1, 0.15) is 11.4 Å². The number of nitrogens with one attached hydrogen (secondary N) is 1. The monoisotopic (exact) mass is 317 g/mol. The average molecular weight is 318 g/mol. The van der Waals surface area contributed by atoms with E-state index in [1.807, 2.05) is 0 Å². The predicted molar refractivity (Wildman–Crippen MR) is 67.9 cm³/mol. The molecule has 0 spiro atoms. The molecule has 0 fully saturated rings. The second-order valence-electron chi connectivity index (χ2n) is 4.04. The van der Waals surface area contributed by atoms with E-state index in [4.69, 9.17) is 5.11 Å². The number of hydrogen-bond donors (Lipinski definition) is 2. The molecule has 18 heavy (non-hydrogen) atoms. The smallest absolute Gasteiger partial charge is 0.329 e. The first-order valence-electron chi connectivity index (χ1n) is 5.31. The van der Waals surface area contributed by atoms with Gasteiger partial charge in [-0.3, -0.25) is 4.79 Å². The maximum absolute atomic E-state index is 13.5. The molecule has 1 unspecified atom stereocenters. The maximum Gasteiger partial charge on any atom is 0.329 e. The van der Waals surface area contributed by atoms with E-state index in [9.17, 15) is 14.0 Å². The van der Waals surface area contributed by atoms with Crippen LogP contribution in [0.15, 0.2) is 22.7 Å². The molecule has 0 aromatic heterocycles.